The number of anilines is 1. The first-order chi connectivity index (χ1) is 7.34. The van der Waals surface area contributed by atoms with E-state index in [-0.39, 0.29) is 5.78 Å². The Labute approximate surface area is 87.5 Å². The lowest BCUT2D eigenvalue weighted by molar-refractivity contribution is 0.0994. The van der Waals surface area contributed by atoms with Crippen molar-refractivity contribution in [1.82, 2.24) is 4.98 Å². The highest BCUT2D eigenvalue weighted by atomic mass is 16.1. The van der Waals surface area contributed by atoms with Crippen molar-refractivity contribution in [2.45, 2.75) is 6.42 Å². The molecular formula is C12H10N2O. The first kappa shape index (κ1) is 8.41. The van der Waals surface area contributed by atoms with Crippen LogP contribution in [0, 0.1) is 0 Å². The lowest BCUT2D eigenvalue weighted by atomic mass is 9.98. The molecule has 1 aliphatic carbocycles. The third-order valence-electron chi connectivity index (χ3n) is 2.65. The Bertz CT molecular complexity index is 501. The van der Waals surface area contributed by atoms with Gasteiger partial charge in [-0.15, -0.1) is 0 Å². The van der Waals surface area contributed by atoms with E-state index in [0.717, 1.165) is 29.2 Å². The SMILES string of the molecule is O=C1CC=Cc2nc3c(cc21)C=CCN3. The molecule has 1 aromatic heterocycles. The minimum absolute atomic E-state index is 0.154. The summed E-state index contributed by atoms with van der Waals surface area (Å²) in [5, 5.41) is 3.18. The zero-order valence-corrected chi connectivity index (χ0v) is 8.16. The van der Waals surface area contributed by atoms with E-state index in [1.165, 1.54) is 0 Å². The fourth-order valence-corrected chi connectivity index (χ4v) is 1.89. The van der Waals surface area contributed by atoms with Crippen molar-refractivity contribution in [2.75, 3.05) is 11.9 Å². The maximum absolute atomic E-state index is 11.6. The molecule has 2 heterocycles. The molecule has 0 spiro atoms. The summed E-state index contributed by atoms with van der Waals surface area (Å²) >= 11 is 0. The molecule has 1 aliphatic heterocycles. The van der Waals surface area contributed by atoms with Gasteiger partial charge in [0, 0.05) is 24.1 Å². The van der Waals surface area contributed by atoms with Gasteiger partial charge in [-0.1, -0.05) is 18.2 Å². The minimum Gasteiger partial charge on any atom is -0.366 e. The average molecular weight is 198 g/mol. The van der Waals surface area contributed by atoms with Gasteiger partial charge in [0.25, 0.3) is 0 Å². The molecule has 0 fully saturated rings. The molecule has 3 nitrogen and oxygen atoms in total. The third-order valence-corrected chi connectivity index (χ3v) is 2.65. The second-order valence-electron chi connectivity index (χ2n) is 3.67. The molecule has 3 heteroatoms. The number of rotatable bonds is 0. The van der Waals surface area contributed by atoms with Crippen LogP contribution in [0.1, 0.15) is 28.0 Å². The quantitative estimate of drug-likeness (QED) is 0.694. The van der Waals surface area contributed by atoms with Crippen LogP contribution in [0.4, 0.5) is 5.82 Å². The maximum atomic E-state index is 11.6. The molecule has 74 valence electrons. The van der Waals surface area contributed by atoms with Crippen molar-refractivity contribution in [3.63, 3.8) is 0 Å². The number of nitrogens with zero attached hydrogens (tertiary/aromatic N) is 1. The summed E-state index contributed by atoms with van der Waals surface area (Å²) in [6, 6.07) is 1.92. The van der Waals surface area contributed by atoms with Crippen molar-refractivity contribution in [1.29, 1.82) is 0 Å². The number of allylic oxidation sites excluding steroid dienone is 1. The van der Waals surface area contributed by atoms with Crippen LogP contribution in [0.3, 0.4) is 0 Å². The van der Waals surface area contributed by atoms with E-state index < -0.39 is 0 Å². The fraction of sp³-hybridized carbons (Fsp3) is 0.167. The van der Waals surface area contributed by atoms with Crippen LogP contribution in [0.15, 0.2) is 18.2 Å². The summed E-state index contributed by atoms with van der Waals surface area (Å²) in [6.45, 7) is 0.802. The van der Waals surface area contributed by atoms with Gasteiger partial charge in [0.1, 0.15) is 5.82 Å². The summed E-state index contributed by atoms with van der Waals surface area (Å²) in [5.41, 5.74) is 2.53. The second-order valence-corrected chi connectivity index (χ2v) is 3.67. The highest BCUT2D eigenvalue weighted by molar-refractivity contribution is 6.03. The van der Waals surface area contributed by atoms with Gasteiger partial charge < -0.3 is 5.32 Å². The van der Waals surface area contributed by atoms with Crippen LogP contribution < -0.4 is 5.32 Å². The number of fused-ring (bicyclic) bond motifs is 2. The molecule has 0 saturated heterocycles. The van der Waals surface area contributed by atoms with E-state index >= 15 is 0 Å². The highest BCUT2D eigenvalue weighted by Gasteiger charge is 2.17. The second kappa shape index (κ2) is 3.05. The minimum atomic E-state index is 0.154. The van der Waals surface area contributed by atoms with E-state index in [1.807, 2.05) is 30.4 Å². The van der Waals surface area contributed by atoms with Crippen molar-refractivity contribution in [2.24, 2.45) is 0 Å². The fourth-order valence-electron chi connectivity index (χ4n) is 1.89. The maximum Gasteiger partial charge on any atom is 0.168 e. The molecule has 2 aliphatic rings. The third kappa shape index (κ3) is 1.28. The van der Waals surface area contributed by atoms with Gasteiger partial charge in [0.05, 0.1) is 5.69 Å². The summed E-state index contributed by atoms with van der Waals surface area (Å²) in [6.07, 6.45) is 8.30. The average Bonchev–Trinajstić information content (AvgIpc) is 2.27. The molecular weight excluding hydrogens is 188 g/mol. The molecule has 0 amide bonds. The number of Topliss-reactive ketones (excluding diaryl/α,β-unsaturated/α-hetero) is 1. The molecule has 0 saturated carbocycles. The first-order valence-electron chi connectivity index (χ1n) is 5.00. The first-order valence-corrected chi connectivity index (χ1v) is 5.00. The molecule has 0 unspecified atom stereocenters. The Kier molecular flexibility index (Phi) is 1.71. The smallest absolute Gasteiger partial charge is 0.168 e. The Morgan fingerprint density at radius 3 is 3.13 bits per heavy atom. The lowest BCUT2D eigenvalue weighted by Crippen LogP contribution is -2.12. The van der Waals surface area contributed by atoms with E-state index in [2.05, 4.69) is 10.3 Å². The van der Waals surface area contributed by atoms with Gasteiger partial charge in [-0.05, 0) is 12.1 Å². The number of ketones is 1. The predicted molar refractivity (Wildman–Crippen MR) is 59.7 cm³/mol. The number of carbonyl (C=O) groups excluding carboxylic acids is 1. The predicted octanol–water partition coefficient (Wildman–Crippen LogP) is 2.12. The Hall–Kier alpha value is -1.90. The van der Waals surface area contributed by atoms with E-state index in [1.54, 1.807) is 0 Å². The normalized spacial score (nSPS) is 16.9. The van der Waals surface area contributed by atoms with Gasteiger partial charge in [0.15, 0.2) is 5.78 Å². The summed E-state index contributed by atoms with van der Waals surface area (Å²) in [5.74, 6) is 1.03. The number of carbonyl (C=O) groups is 1. The van der Waals surface area contributed by atoms with E-state index in [0.29, 0.717) is 6.42 Å². The van der Waals surface area contributed by atoms with Crippen LogP contribution in [0.25, 0.3) is 12.2 Å². The zero-order valence-electron chi connectivity index (χ0n) is 8.16. The molecule has 3 rings (SSSR count). The van der Waals surface area contributed by atoms with Crippen molar-refractivity contribution >= 4 is 23.8 Å². The number of hydrogen-bond acceptors (Lipinski definition) is 3. The van der Waals surface area contributed by atoms with Gasteiger partial charge >= 0.3 is 0 Å². The molecule has 0 atom stereocenters. The monoisotopic (exact) mass is 198 g/mol. The molecule has 15 heavy (non-hydrogen) atoms. The molecule has 1 N–H and O–H groups in total. The van der Waals surface area contributed by atoms with E-state index in [4.69, 9.17) is 0 Å². The Balaban J connectivity index is 2.23. The summed E-state index contributed by atoms with van der Waals surface area (Å²) in [7, 11) is 0. The van der Waals surface area contributed by atoms with Crippen LogP contribution in [-0.4, -0.2) is 17.3 Å². The van der Waals surface area contributed by atoms with Crippen molar-refractivity contribution < 1.29 is 4.79 Å². The zero-order chi connectivity index (χ0) is 10.3. The van der Waals surface area contributed by atoms with Crippen LogP contribution in [-0.2, 0) is 0 Å². The molecule has 0 bridgehead atoms. The van der Waals surface area contributed by atoms with Gasteiger partial charge in [-0.3, -0.25) is 4.79 Å². The number of hydrogen-bond donors (Lipinski definition) is 1. The lowest BCUT2D eigenvalue weighted by Gasteiger charge is -2.16. The van der Waals surface area contributed by atoms with Crippen molar-refractivity contribution in [3.8, 4) is 0 Å². The number of aromatic nitrogens is 1. The number of nitrogens with one attached hydrogen (secondary N) is 1. The van der Waals surface area contributed by atoms with Crippen molar-refractivity contribution in [3.05, 3.63) is 35.0 Å². The largest absolute Gasteiger partial charge is 0.366 e. The van der Waals surface area contributed by atoms with Gasteiger partial charge in [-0.2, -0.15) is 0 Å². The highest BCUT2D eigenvalue weighted by Crippen LogP contribution is 2.25. The Morgan fingerprint density at radius 2 is 2.20 bits per heavy atom. The molecule has 1 aromatic rings. The van der Waals surface area contributed by atoms with Crippen LogP contribution >= 0.6 is 0 Å². The topological polar surface area (TPSA) is 42.0 Å². The van der Waals surface area contributed by atoms with Crippen LogP contribution in [0.2, 0.25) is 0 Å². The van der Waals surface area contributed by atoms with Gasteiger partial charge in [-0.25, -0.2) is 4.98 Å². The number of pyridine rings is 1. The molecule has 0 aromatic carbocycles. The molecule has 0 radical (unpaired) electrons. The summed E-state index contributed by atoms with van der Waals surface area (Å²) in [4.78, 5) is 16.1. The summed E-state index contributed by atoms with van der Waals surface area (Å²) < 4.78 is 0. The standard InChI is InChI=1S/C12H10N2O/c15-11-5-1-4-10-9(11)7-8-3-2-6-13-12(8)14-10/h1-4,7H,5-6H2,(H,13,14). The van der Waals surface area contributed by atoms with E-state index in [9.17, 15) is 4.79 Å². The van der Waals surface area contributed by atoms with Crippen LogP contribution in [0.5, 0.6) is 0 Å². The van der Waals surface area contributed by atoms with Gasteiger partial charge in [0.2, 0.25) is 0 Å². The Morgan fingerprint density at radius 1 is 1.27 bits per heavy atom.